The number of rotatable bonds is 7. The molecule has 0 spiro atoms. The van der Waals surface area contributed by atoms with E-state index in [1.807, 2.05) is 6.92 Å². The number of hydrogen-bond acceptors (Lipinski definition) is 6. The van der Waals surface area contributed by atoms with E-state index < -0.39 is 14.9 Å². The van der Waals surface area contributed by atoms with Gasteiger partial charge in [-0.3, -0.25) is 10.1 Å². The van der Waals surface area contributed by atoms with Gasteiger partial charge in [0.25, 0.3) is 5.69 Å². The van der Waals surface area contributed by atoms with Gasteiger partial charge < -0.3 is 10.2 Å². The van der Waals surface area contributed by atoms with Crippen molar-refractivity contribution >= 4 is 21.4 Å². The fourth-order valence-corrected chi connectivity index (χ4v) is 4.46. The molecule has 1 aromatic carbocycles. The summed E-state index contributed by atoms with van der Waals surface area (Å²) in [4.78, 5) is 13.1. The lowest BCUT2D eigenvalue weighted by Crippen LogP contribution is -2.43. The van der Waals surface area contributed by atoms with Gasteiger partial charge in [0.15, 0.2) is 0 Å². The maximum Gasteiger partial charge on any atom is 0.293 e. The maximum absolute atomic E-state index is 11.9. The number of nitrogens with zero attached hydrogens (tertiary/aromatic N) is 2. The third-order valence-corrected chi connectivity index (χ3v) is 6.04. The molecule has 1 aliphatic heterocycles. The smallest absolute Gasteiger partial charge is 0.293 e. The van der Waals surface area contributed by atoms with E-state index in [1.165, 1.54) is 25.6 Å². The van der Waals surface area contributed by atoms with Crippen LogP contribution in [0.5, 0.6) is 0 Å². The second-order valence-corrected chi connectivity index (χ2v) is 9.24. The number of nitrogens with one attached hydrogen (secondary N) is 2. The van der Waals surface area contributed by atoms with Crippen LogP contribution in [-0.2, 0) is 10.0 Å². The van der Waals surface area contributed by atoms with Crippen LogP contribution in [0.1, 0.15) is 27.2 Å². The molecule has 0 unspecified atom stereocenters. The molecule has 0 aliphatic carbocycles. The van der Waals surface area contributed by atoms with Crippen LogP contribution >= 0.6 is 0 Å². The molecule has 0 radical (unpaired) electrons. The average molecular weight is 385 g/mol. The summed E-state index contributed by atoms with van der Waals surface area (Å²) in [7, 11) is -2.45. The third-order valence-electron chi connectivity index (χ3n) is 4.62. The van der Waals surface area contributed by atoms with Crippen LogP contribution in [0.4, 0.5) is 11.4 Å². The highest BCUT2D eigenvalue weighted by Gasteiger charge is 2.25. The summed E-state index contributed by atoms with van der Waals surface area (Å²) in [5.74, 6) is 1.29. The van der Waals surface area contributed by atoms with E-state index in [4.69, 9.17) is 0 Å². The summed E-state index contributed by atoms with van der Waals surface area (Å²) in [6.07, 6.45) is 1.23. The molecule has 0 saturated carbocycles. The molecular weight excluding hydrogens is 356 g/mol. The first-order valence-corrected chi connectivity index (χ1v) is 10.3. The Hall–Kier alpha value is -1.71. The molecule has 8 nitrogen and oxygen atoms in total. The highest BCUT2D eigenvalue weighted by atomic mass is 32.2. The molecule has 2 rings (SSSR count). The van der Waals surface area contributed by atoms with Gasteiger partial charge in [-0.2, -0.15) is 0 Å². The molecule has 1 saturated heterocycles. The van der Waals surface area contributed by atoms with Gasteiger partial charge in [0.05, 0.1) is 9.82 Å². The van der Waals surface area contributed by atoms with Crippen molar-refractivity contribution in [2.24, 2.45) is 11.8 Å². The Morgan fingerprint density at radius 2 is 1.92 bits per heavy atom. The molecule has 3 atom stereocenters. The van der Waals surface area contributed by atoms with Crippen molar-refractivity contribution in [3.63, 3.8) is 0 Å². The highest BCUT2D eigenvalue weighted by molar-refractivity contribution is 7.89. The van der Waals surface area contributed by atoms with Gasteiger partial charge in [0, 0.05) is 31.7 Å². The Morgan fingerprint density at radius 1 is 1.31 bits per heavy atom. The van der Waals surface area contributed by atoms with Crippen molar-refractivity contribution < 1.29 is 13.3 Å². The molecule has 1 fully saturated rings. The van der Waals surface area contributed by atoms with Crippen LogP contribution < -0.4 is 10.0 Å². The zero-order chi connectivity index (χ0) is 19.5. The zero-order valence-electron chi connectivity index (χ0n) is 15.7. The fraction of sp³-hybridized carbons (Fsp3) is 0.647. The Labute approximate surface area is 155 Å². The van der Waals surface area contributed by atoms with Crippen LogP contribution in [0.2, 0.25) is 0 Å². The lowest BCUT2D eigenvalue weighted by atomic mass is 9.92. The lowest BCUT2D eigenvalue weighted by molar-refractivity contribution is -0.384. The molecule has 0 amide bonds. The van der Waals surface area contributed by atoms with Crippen molar-refractivity contribution in [3.8, 4) is 0 Å². The number of sulfonamides is 1. The number of nitro benzene ring substituents is 1. The summed E-state index contributed by atoms with van der Waals surface area (Å²) in [5.41, 5.74) is 0.0872. The Kier molecular flexibility index (Phi) is 6.59. The number of hydrogen-bond donors (Lipinski definition) is 2. The van der Waals surface area contributed by atoms with Gasteiger partial charge in [-0.1, -0.05) is 13.8 Å². The van der Waals surface area contributed by atoms with E-state index in [0.29, 0.717) is 17.5 Å². The summed E-state index contributed by atoms with van der Waals surface area (Å²) in [5, 5.41) is 14.6. The summed E-state index contributed by atoms with van der Waals surface area (Å²) in [6, 6.07) is 3.92. The van der Waals surface area contributed by atoms with E-state index in [9.17, 15) is 18.5 Å². The topological polar surface area (TPSA) is 105 Å². The third kappa shape index (κ3) is 5.15. The predicted octanol–water partition coefficient (Wildman–Crippen LogP) is 2.28. The van der Waals surface area contributed by atoms with Crippen LogP contribution in [0, 0.1) is 22.0 Å². The largest absolute Gasteiger partial charge is 0.376 e. The Balaban J connectivity index is 2.14. The molecule has 26 heavy (non-hydrogen) atoms. The van der Waals surface area contributed by atoms with Crippen LogP contribution in [0.15, 0.2) is 23.1 Å². The van der Waals surface area contributed by atoms with Crippen molar-refractivity contribution in [1.82, 2.24) is 9.62 Å². The van der Waals surface area contributed by atoms with Gasteiger partial charge in [-0.15, -0.1) is 0 Å². The SMILES string of the molecule is CNS(=O)(=O)c1ccc(N[C@@H](C)CN2C[C@H](C)C[C@H](C)C2)c([N+](=O)[O-])c1. The molecule has 2 N–H and O–H groups in total. The molecule has 1 aliphatic rings. The predicted molar refractivity (Wildman–Crippen MR) is 102 cm³/mol. The first-order valence-electron chi connectivity index (χ1n) is 8.83. The van der Waals surface area contributed by atoms with Gasteiger partial charge >= 0.3 is 0 Å². The minimum atomic E-state index is -3.72. The quantitative estimate of drug-likeness (QED) is 0.552. The van der Waals surface area contributed by atoms with E-state index >= 15 is 0 Å². The molecule has 1 aromatic rings. The number of likely N-dealkylation sites (tertiary alicyclic amines) is 1. The molecule has 0 aromatic heterocycles. The second-order valence-electron chi connectivity index (χ2n) is 7.35. The van der Waals surface area contributed by atoms with Crippen LogP contribution in [-0.4, -0.2) is 51.0 Å². The molecule has 1 heterocycles. The molecule has 0 bridgehead atoms. The maximum atomic E-state index is 11.9. The lowest BCUT2D eigenvalue weighted by Gasteiger charge is -2.36. The van der Waals surface area contributed by atoms with Gasteiger partial charge in [0.2, 0.25) is 10.0 Å². The van der Waals surface area contributed by atoms with Crippen LogP contribution in [0.3, 0.4) is 0 Å². The standard InChI is InChI=1S/C17H28N4O4S/c1-12-7-13(2)10-20(9-12)11-14(3)19-16-6-5-15(26(24,25)18-4)8-17(16)21(22)23/h5-6,8,12-14,18-19H,7,9-11H2,1-4H3/t12-,13+,14-/m0/s1. The monoisotopic (exact) mass is 384 g/mol. The summed E-state index contributed by atoms with van der Waals surface area (Å²) in [6.45, 7) is 9.29. The second kappa shape index (κ2) is 8.32. The first-order chi connectivity index (χ1) is 12.1. The van der Waals surface area contributed by atoms with E-state index in [2.05, 4.69) is 28.8 Å². The molecule has 146 valence electrons. The van der Waals surface area contributed by atoms with Crippen molar-refractivity contribution in [1.29, 1.82) is 0 Å². The summed E-state index contributed by atoms with van der Waals surface area (Å²) < 4.78 is 25.9. The highest BCUT2D eigenvalue weighted by Crippen LogP contribution is 2.28. The Bertz CT molecular complexity index is 743. The first kappa shape index (κ1) is 20.6. The fourth-order valence-electron chi connectivity index (χ4n) is 3.71. The van der Waals surface area contributed by atoms with Gasteiger partial charge in [-0.25, -0.2) is 13.1 Å². The summed E-state index contributed by atoms with van der Waals surface area (Å²) >= 11 is 0. The van der Waals surface area contributed by atoms with Gasteiger partial charge in [-0.05, 0) is 44.4 Å². The van der Waals surface area contributed by atoms with Gasteiger partial charge in [0.1, 0.15) is 5.69 Å². The number of benzene rings is 1. The van der Waals surface area contributed by atoms with Crippen molar-refractivity contribution in [2.75, 3.05) is 32.0 Å². The number of nitro groups is 1. The number of anilines is 1. The minimum Gasteiger partial charge on any atom is -0.376 e. The van der Waals surface area contributed by atoms with Crippen molar-refractivity contribution in [2.45, 2.75) is 38.1 Å². The minimum absolute atomic E-state index is 0.00189. The van der Waals surface area contributed by atoms with E-state index in [0.717, 1.165) is 25.7 Å². The average Bonchev–Trinajstić information content (AvgIpc) is 2.53. The molecule has 9 heteroatoms. The zero-order valence-corrected chi connectivity index (χ0v) is 16.5. The van der Waals surface area contributed by atoms with E-state index in [-0.39, 0.29) is 16.6 Å². The Morgan fingerprint density at radius 3 is 2.46 bits per heavy atom. The molecular formula is C17H28N4O4S. The normalized spacial score (nSPS) is 22.8. The van der Waals surface area contributed by atoms with Crippen molar-refractivity contribution in [3.05, 3.63) is 28.3 Å². The number of piperidine rings is 1. The van der Waals surface area contributed by atoms with E-state index in [1.54, 1.807) is 0 Å². The van der Waals surface area contributed by atoms with Crippen LogP contribution in [0.25, 0.3) is 0 Å².